The molecule has 0 aliphatic heterocycles. The van der Waals surface area contributed by atoms with E-state index in [0.29, 0.717) is 18.4 Å². The molecule has 0 atom stereocenters. The van der Waals surface area contributed by atoms with Crippen LogP contribution >= 0.6 is 0 Å². The van der Waals surface area contributed by atoms with Crippen molar-refractivity contribution in [2.75, 3.05) is 19.6 Å². The number of carbonyl (C=O) groups is 1. The van der Waals surface area contributed by atoms with Crippen molar-refractivity contribution >= 4 is 5.91 Å². The van der Waals surface area contributed by atoms with Gasteiger partial charge in [0, 0.05) is 25.6 Å². The summed E-state index contributed by atoms with van der Waals surface area (Å²) in [7, 11) is 0. The Balaban J connectivity index is 2.41. The molecule has 15 heavy (non-hydrogen) atoms. The van der Waals surface area contributed by atoms with Crippen molar-refractivity contribution in [2.45, 2.75) is 45.4 Å². The second kappa shape index (κ2) is 6.83. The summed E-state index contributed by atoms with van der Waals surface area (Å²) in [5, 5.41) is 0. The number of hydrogen-bond acceptors (Lipinski definition) is 2. The first-order valence-corrected chi connectivity index (χ1v) is 6.28. The highest BCUT2D eigenvalue weighted by atomic mass is 16.2. The fourth-order valence-electron chi connectivity index (χ4n) is 2.27. The lowest BCUT2D eigenvalue weighted by molar-refractivity contribution is -0.135. The summed E-state index contributed by atoms with van der Waals surface area (Å²) in [6.07, 6.45) is 6.86. The van der Waals surface area contributed by atoms with Gasteiger partial charge < -0.3 is 10.6 Å². The van der Waals surface area contributed by atoms with Crippen LogP contribution in [0.15, 0.2) is 0 Å². The Morgan fingerprint density at radius 3 is 2.53 bits per heavy atom. The monoisotopic (exact) mass is 212 g/mol. The first-order chi connectivity index (χ1) is 7.29. The highest BCUT2D eigenvalue weighted by molar-refractivity contribution is 5.79. The molecule has 0 bridgehead atoms. The quantitative estimate of drug-likeness (QED) is 0.729. The van der Waals surface area contributed by atoms with Crippen LogP contribution in [0.3, 0.4) is 0 Å². The molecule has 1 rings (SSSR count). The van der Waals surface area contributed by atoms with Gasteiger partial charge in [-0.2, -0.15) is 0 Å². The van der Waals surface area contributed by atoms with Crippen molar-refractivity contribution in [1.82, 2.24) is 4.90 Å². The summed E-state index contributed by atoms with van der Waals surface area (Å²) in [5.74, 6) is 0.653. The summed E-state index contributed by atoms with van der Waals surface area (Å²) in [4.78, 5) is 14.1. The maximum absolute atomic E-state index is 12.1. The first kappa shape index (κ1) is 12.5. The van der Waals surface area contributed by atoms with Gasteiger partial charge >= 0.3 is 0 Å². The Morgan fingerprint density at radius 1 is 1.33 bits per heavy atom. The lowest BCUT2D eigenvalue weighted by atomic mass is 10.1. The van der Waals surface area contributed by atoms with E-state index in [9.17, 15) is 4.79 Å². The van der Waals surface area contributed by atoms with Gasteiger partial charge in [0.25, 0.3) is 0 Å². The van der Waals surface area contributed by atoms with E-state index in [1.165, 1.54) is 12.8 Å². The minimum Gasteiger partial charge on any atom is -0.341 e. The third-order valence-corrected chi connectivity index (χ3v) is 3.20. The van der Waals surface area contributed by atoms with Crippen molar-refractivity contribution in [2.24, 2.45) is 11.7 Å². The van der Waals surface area contributed by atoms with Gasteiger partial charge in [-0.05, 0) is 19.3 Å². The molecule has 2 N–H and O–H groups in total. The van der Waals surface area contributed by atoms with E-state index in [2.05, 4.69) is 6.92 Å². The van der Waals surface area contributed by atoms with E-state index in [4.69, 9.17) is 5.73 Å². The third-order valence-electron chi connectivity index (χ3n) is 3.20. The zero-order valence-corrected chi connectivity index (χ0v) is 9.87. The van der Waals surface area contributed by atoms with Gasteiger partial charge in [0.1, 0.15) is 0 Å². The number of hydrogen-bond donors (Lipinski definition) is 1. The minimum absolute atomic E-state index is 0.299. The highest BCUT2D eigenvalue weighted by Crippen LogP contribution is 2.26. The second-order valence-corrected chi connectivity index (χ2v) is 4.45. The van der Waals surface area contributed by atoms with E-state index in [1.54, 1.807) is 0 Å². The topological polar surface area (TPSA) is 46.3 Å². The predicted molar refractivity (Wildman–Crippen MR) is 62.5 cm³/mol. The van der Waals surface area contributed by atoms with Crippen LogP contribution in [0.4, 0.5) is 0 Å². The van der Waals surface area contributed by atoms with Crippen LogP contribution in [-0.2, 0) is 4.79 Å². The van der Waals surface area contributed by atoms with Crippen molar-refractivity contribution < 1.29 is 4.79 Å². The Morgan fingerprint density at radius 2 is 2.00 bits per heavy atom. The van der Waals surface area contributed by atoms with Gasteiger partial charge in [-0.25, -0.2) is 0 Å². The van der Waals surface area contributed by atoms with E-state index in [1.807, 2.05) is 4.90 Å². The standard InChI is InChI=1S/C12H24N2O/c1-2-3-9-14(10-8-13)12(15)11-6-4-5-7-11/h11H,2-10,13H2,1H3. The number of amides is 1. The van der Waals surface area contributed by atoms with Crippen LogP contribution in [0.25, 0.3) is 0 Å². The fourth-order valence-corrected chi connectivity index (χ4v) is 2.27. The molecule has 1 fully saturated rings. The van der Waals surface area contributed by atoms with Gasteiger partial charge in [0.05, 0.1) is 0 Å². The van der Waals surface area contributed by atoms with Crippen molar-refractivity contribution in [1.29, 1.82) is 0 Å². The molecule has 88 valence electrons. The van der Waals surface area contributed by atoms with E-state index < -0.39 is 0 Å². The molecule has 0 heterocycles. The largest absolute Gasteiger partial charge is 0.341 e. The lowest BCUT2D eigenvalue weighted by Gasteiger charge is -2.24. The van der Waals surface area contributed by atoms with Crippen LogP contribution in [0.1, 0.15) is 45.4 Å². The molecular formula is C12H24N2O. The average Bonchev–Trinajstić information content (AvgIpc) is 2.76. The van der Waals surface area contributed by atoms with Crippen LogP contribution in [-0.4, -0.2) is 30.4 Å². The van der Waals surface area contributed by atoms with Crippen LogP contribution < -0.4 is 5.73 Å². The smallest absolute Gasteiger partial charge is 0.225 e. The molecule has 0 radical (unpaired) electrons. The van der Waals surface area contributed by atoms with E-state index in [0.717, 1.165) is 38.8 Å². The molecule has 0 unspecified atom stereocenters. The number of unbranched alkanes of at least 4 members (excludes halogenated alkanes) is 1. The second-order valence-electron chi connectivity index (χ2n) is 4.45. The van der Waals surface area contributed by atoms with Gasteiger partial charge in [-0.1, -0.05) is 26.2 Å². The summed E-state index contributed by atoms with van der Waals surface area (Å²) in [5.41, 5.74) is 5.54. The summed E-state index contributed by atoms with van der Waals surface area (Å²) in [6, 6.07) is 0. The van der Waals surface area contributed by atoms with Crippen LogP contribution in [0.2, 0.25) is 0 Å². The fraction of sp³-hybridized carbons (Fsp3) is 0.917. The van der Waals surface area contributed by atoms with Crippen molar-refractivity contribution in [3.63, 3.8) is 0 Å². The molecular weight excluding hydrogens is 188 g/mol. The summed E-state index contributed by atoms with van der Waals surface area (Å²) in [6.45, 7) is 4.36. The highest BCUT2D eigenvalue weighted by Gasteiger charge is 2.26. The zero-order chi connectivity index (χ0) is 11.1. The molecule has 1 aliphatic rings. The number of nitrogens with two attached hydrogens (primary N) is 1. The molecule has 1 aliphatic carbocycles. The number of rotatable bonds is 6. The van der Waals surface area contributed by atoms with Gasteiger partial charge in [0.15, 0.2) is 0 Å². The molecule has 3 nitrogen and oxygen atoms in total. The Labute approximate surface area is 93.0 Å². The van der Waals surface area contributed by atoms with Gasteiger partial charge in [0.2, 0.25) is 5.91 Å². The zero-order valence-electron chi connectivity index (χ0n) is 9.87. The van der Waals surface area contributed by atoms with E-state index in [-0.39, 0.29) is 0 Å². The average molecular weight is 212 g/mol. The summed E-state index contributed by atoms with van der Waals surface area (Å²) >= 11 is 0. The first-order valence-electron chi connectivity index (χ1n) is 6.28. The molecule has 0 aromatic heterocycles. The lowest BCUT2D eigenvalue weighted by Crippen LogP contribution is -2.39. The Bertz CT molecular complexity index is 188. The van der Waals surface area contributed by atoms with Gasteiger partial charge in [-0.3, -0.25) is 4.79 Å². The predicted octanol–water partition coefficient (Wildman–Crippen LogP) is 1.76. The van der Waals surface area contributed by atoms with E-state index >= 15 is 0 Å². The maximum atomic E-state index is 12.1. The third kappa shape index (κ3) is 3.82. The molecule has 0 saturated heterocycles. The van der Waals surface area contributed by atoms with Crippen LogP contribution in [0, 0.1) is 5.92 Å². The summed E-state index contributed by atoms with van der Waals surface area (Å²) < 4.78 is 0. The van der Waals surface area contributed by atoms with Crippen molar-refractivity contribution in [3.05, 3.63) is 0 Å². The molecule has 0 spiro atoms. The molecule has 3 heteroatoms. The van der Waals surface area contributed by atoms with Crippen LogP contribution in [0.5, 0.6) is 0 Å². The SMILES string of the molecule is CCCCN(CCN)C(=O)C1CCCC1. The van der Waals surface area contributed by atoms with Crippen molar-refractivity contribution in [3.8, 4) is 0 Å². The molecule has 1 amide bonds. The maximum Gasteiger partial charge on any atom is 0.225 e. The normalized spacial score (nSPS) is 16.9. The minimum atomic E-state index is 0.299. The molecule has 1 saturated carbocycles. The van der Waals surface area contributed by atoms with Gasteiger partial charge in [-0.15, -0.1) is 0 Å². The number of carbonyl (C=O) groups excluding carboxylic acids is 1. The Hall–Kier alpha value is -0.570. The molecule has 0 aromatic rings. The number of nitrogens with zero attached hydrogens (tertiary/aromatic N) is 1. The molecule has 0 aromatic carbocycles. The Kier molecular flexibility index (Phi) is 5.69.